The summed E-state index contributed by atoms with van der Waals surface area (Å²) in [6.07, 6.45) is 4.03. The normalized spacial score (nSPS) is 16.8. The summed E-state index contributed by atoms with van der Waals surface area (Å²) in [7, 11) is -1.51. The van der Waals surface area contributed by atoms with Gasteiger partial charge in [0, 0.05) is 30.9 Å². The van der Waals surface area contributed by atoms with Crippen molar-refractivity contribution in [3.63, 3.8) is 0 Å². The number of carbonyl (C=O) groups is 1. The summed E-state index contributed by atoms with van der Waals surface area (Å²) < 4.78 is 41.6. The monoisotopic (exact) mass is 491 g/mol. The minimum absolute atomic E-state index is 0.0725. The molecular weight excluding hydrogens is 464 g/mol. The van der Waals surface area contributed by atoms with Crippen molar-refractivity contribution in [2.75, 3.05) is 19.0 Å². The number of thiazole rings is 1. The minimum atomic E-state index is -3.29. The Balaban J connectivity index is 0.000000227. The minimum Gasteiger partial charge on any atom is -0.393 e. The molecule has 32 heavy (non-hydrogen) atoms. The second-order valence-corrected chi connectivity index (χ2v) is 10.7. The van der Waals surface area contributed by atoms with Crippen LogP contribution in [0.3, 0.4) is 0 Å². The van der Waals surface area contributed by atoms with Gasteiger partial charge in [0.2, 0.25) is 6.41 Å². The van der Waals surface area contributed by atoms with Crippen molar-refractivity contribution < 1.29 is 28.0 Å². The number of nitrogens with one attached hydrogen (secondary N) is 1. The maximum atomic E-state index is 13.4. The Kier molecular flexibility index (Phi) is 8.05. The Morgan fingerprint density at radius 2 is 2.06 bits per heavy atom. The predicted molar refractivity (Wildman–Crippen MR) is 118 cm³/mol. The van der Waals surface area contributed by atoms with Crippen molar-refractivity contribution in [1.29, 1.82) is 0 Å². The lowest BCUT2D eigenvalue weighted by atomic mass is 10.0. The molecule has 9 nitrogen and oxygen atoms in total. The van der Waals surface area contributed by atoms with Gasteiger partial charge in [-0.2, -0.15) is 8.78 Å². The third-order valence-electron chi connectivity index (χ3n) is 4.87. The van der Waals surface area contributed by atoms with Gasteiger partial charge in [-0.3, -0.25) is 9.78 Å². The summed E-state index contributed by atoms with van der Waals surface area (Å²) in [5.41, 5.74) is 1.77. The summed E-state index contributed by atoms with van der Waals surface area (Å²) in [6, 6.07) is 0. The topological polar surface area (TPSA) is 151 Å². The number of aliphatic hydroxyl groups is 2. The first-order valence-electron chi connectivity index (χ1n) is 9.64. The van der Waals surface area contributed by atoms with Gasteiger partial charge in [-0.05, 0) is 38.7 Å². The van der Waals surface area contributed by atoms with Crippen LogP contribution in [0.5, 0.6) is 0 Å². The van der Waals surface area contributed by atoms with E-state index >= 15 is 0 Å². The second-order valence-electron chi connectivity index (χ2n) is 7.57. The van der Waals surface area contributed by atoms with E-state index in [1.807, 2.05) is 0 Å². The van der Waals surface area contributed by atoms with E-state index in [1.54, 1.807) is 14.0 Å². The lowest BCUT2D eigenvalue weighted by molar-refractivity contribution is -0.106. The van der Waals surface area contributed by atoms with Gasteiger partial charge in [-0.25, -0.2) is 14.3 Å². The number of anilines is 1. The highest BCUT2D eigenvalue weighted by Crippen LogP contribution is 2.37. The first kappa shape index (κ1) is 26.2. The summed E-state index contributed by atoms with van der Waals surface area (Å²) in [6.45, 7) is 3.44. The molecule has 13 heteroatoms. The molecule has 0 saturated heterocycles. The van der Waals surface area contributed by atoms with Gasteiger partial charge in [0.25, 0.3) is 5.92 Å². The molecule has 0 aliphatic heterocycles. The number of aliphatic hydroxyl groups excluding tert-OH is 1. The molecule has 178 valence electrons. The van der Waals surface area contributed by atoms with Gasteiger partial charge in [0.1, 0.15) is 20.5 Å². The van der Waals surface area contributed by atoms with E-state index in [0.717, 1.165) is 54.5 Å². The molecule has 2 unspecified atom stereocenters. The zero-order valence-electron chi connectivity index (χ0n) is 18.2. The third kappa shape index (κ3) is 5.64. The molecule has 2 aromatic rings. The highest BCUT2D eigenvalue weighted by molar-refractivity contribution is 7.93. The fraction of sp³-hybridized carbons (Fsp3) is 0.526. The third-order valence-corrected chi connectivity index (χ3v) is 7.97. The first-order valence-corrected chi connectivity index (χ1v) is 12.0. The average molecular weight is 492 g/mol. The molecule has 3 rings (SSSR count). The average Bonchev–Trinajstić information content (AvgIpc) is 3.37. The molecule has 2 heterocycles. The molecule has 0 bridgehead atoms. The van der Waals surface area contributed by atoms with Crippen LogP contribution in [0.15, 0.2) is 14.8 Å². The molecule has 2 atom stereocenters. The van der Waals surface area contributed by atoms with Crippen molar-refractivity contribution in [3.8, 4) is 0 Å². The number of nitrogens with two attached hydrogens (primary N) is 1. The molecule has 0 radical (unpaired) electrons. The van der Waals surface area contributed by atoms with Crippen molar-refractivity contribution in [1.82, 2.24) is 9.97 Å². The van der Waals surface area contributed by atoms with Crippen molar-refractivity contribution >= 4 is 33.3 Å². The van der Waals surface area contributed by atoms with E-state index in [-0.39, 0.29) is 21.3 Å². The standard InChI is InChI=1S/C12H16F2N2.C7H11N3O4S2/c1-7-10(15-3)8-5-4-6-9(8)16-11(7)12(2,13)14;1-7(13,3-11)6-9-2-5(15-6)16(8,14)10-4-12/h4-6H2,1-3H3,(H,15,16);2,4,11,13H,3H2,1H3,(H2,8,10,12,14). The number of fused-ring (bicyclic) bond motifs is 1. The van der Waals surface area contributed by atoms with Crippen LogP contribution in [0.2, 0.25) is 0 Å². The fourth-order valence-corrected chi connectivity index (χ4v) is 5.24. The molecule has 0 spiro atoms. The number of alkyl halides is 2. The number of carbonyl (C=O) groups excluding carboxylic acids is 1. The van der Waals surface area contributed by atoms with E-state index in [9.17, 15) is 22.9 Å². The second kappa shape index (κ2) is 9.83. The predicted octanol–water partition coefficient (Wildman–Crippen LogP) is 2.23. The van der Waals surface area contributed by atoms with Crippen LogP contribution in [0.1, 0.15) is 47.8 Å². The fourth-order valence-electron chi connectivity index (χ4n) is 3.28. The van der Waals surface area contributed by atoms with Crippen molar-refractivity contribution in [3.05, 3.63) is 33.7 Å². The molecule has 1 aliphatic rings. The highest BCUT2D eigenvalue weighted by atomic mass is 32.2. The smallest absolute Gasteiger partial charge is 0.287 e. The van der Waals surface area contributed by atoms with E-state index in [0.29, 0.717) is 5.56 Å². The zero-order valence-corrected chi connectivity index (χ0v) is 19.8. The Morgan fingerprint density at radius 3 is 2.59 bits per heavy atom. The van der Waals surface area contributed by atoms with Crippen LogP contribution >= 0.6 is 11.3 Å². The summed E-state index contributed by atoms with van der Waals surface area (Å²) in [5.74, 6) is -2.87. The number of pyridine rings is 1. The number of halogens is 2. The van der Waals surface area contributed by atoms with Crippen LogP contribution in [-0.2, 0) is 39.1 Å². The maximum Gasteiger partial charge on any atom is 0.287 e. The summed E-state index contributed by atoms with van der Waals surface area (Å²) in [4.78, 5) is 18.0. The van der Waals surface area contributed by atoms with Crippen LogP contribution in [0.25, 0.3) is 0 Å². The molecule has 1 aliphatic carbocycles. The van der Waals surface area contributed by atoms with Crippen LogP contribution in [0.4, 0.5) is 14.5 Å². The van der Waals surface area contributed by atoms with E-state index < -0.39 is 28.0 Å². The number of rotatable bonds is 6. The molecule has 0 saturated carbocycles. The molecule has 5 N–H and O–H groups in total. The maximum absolute atomic E-state index is 13.4. The Bertz CT molecular complexity index is 1110. The summed E-state index contributed by atoms with van der Waals surface area (Å²) in [5, 5.41) is 27.1. The Morgan fingerprint density at radius 1 is 1.41 bits per heavy atom. The van der Waals surface area contributed by atoms with E-state index in [1.165, 1.54) is 13.1 Å². The first-order chi connectivity index (χ1) is 14.8. The van der Waals surface area contributed by atoms with E-state index in [2.05, 4.69) is 19.6 Å². The lowest BCUT2D eigenvalue weighted by Crippen LogP contribution is -2.25. The van der Waals surface area contributed by atoms with Crippen molar-refractivity contribution in [2.24, 2.45) is 9.50 Å². The molecule has 2 aromatic heterocycles. The van der Waals surface area contributed by atoms with Gasteiger partial charge < -0.3 is 15.5 Å². The number of aryl methyl sites for hydroxylation is 1. The van der Waals surface area contributed by atoms with Crippen LogP contribution < -0.4 is 10.5 Å². The van der Waals surface area contributed by atoms with Gasteiger partial charge in [-0.15, -0.1) is 15.7 Å². The zero-order chi connectivity index (χ0) is 24.3. The largest absolute Gasteiger partial charge is 0.393 e. The van der Waals surface area contributed by atoms with Gasteiger partial charge >= 0.3 is 0 Å². The quantitative estimate of drug-likeness (QED) is 0.452. The summed E-state index contributed by atoms with van der Waals surface area (Å²) >= 11 is 0.837. The number of hydrogen-bond donors (Lipinski definition) is 4. The molecular formula is C19H27F2N5O4S2. The lowest BCUT2D eigenvalue weighted by Gasteiger charge is -2.19. The van der Waals surface area contributed by atoms with Crippen LogP contribution in [-0.4, -0.2) is 44.5 Å². The highest BCUT2D eigenvalue weighted by Gasteiger charge is 2.32. The van der Waals surface area contributed by atoms with Crippen molar-refractivity contribution in [2.45, 2.75) is 55.8 Å². The Hall–Kier alpha value is -2.06. The number of amides is 1. The Labute approximate surface area is 189 Å². The van der Waals surface area contributed by atoms with Gasteiger partial charge in [0.05, 0.1) is 12.8 Å². The van der Waals surface area contributed by atoms with Crippen LogP contribution in [0, 0.1) is 6.92 Å². The van der Waals surface area contributed by atoms with Gasteiger partial charge in [0.15, 0.2) is 9.92 Å². The van der Waals surface area contributed by atoms with E-state index in [4.69, 9.17) is 10.2 Å². The molecule has 0 aromatic carbocycles. The molecule has 1 amide bonds. The number of hydrogen-bond acceptors (Lipinski definition) is 8. The number of aromatic nitrogens is 2. The van der Waals surface area contributed by atoms with Gasteiger partial charge in [-0.1, -0.05) is 0 Å². The molecule has 0 fully saturated rings. The SMILES string of the molecule is CC(O)(CO)c1ncc(S(N)(=O)=NC=O)s1.CNc1c(C)c(C(C)(F)F)nc2c1CCC2. The number of nitrogens with zero attached hydrogens (tertiary/aromatic N) is 3.